The molecule has 4 aromatic rings. The van der Waals surface area contributed by atoms with Crippen LogP contribution in [-0.4, -0.2) is 30.6 Å². The molecule has 0 spiro atoms. The molecule has 0 saturated carbocycles. The van der Waals surface area contributed by atoms with E-state index in [0.717, 1.165) is 46.7 Å². The topological polar surface area (TPSA) is 76.8 Å². The van der Waals surface area contributed by atoms with Crippen LogP contribution in [0.1, 0.15) is 39.7 Å². The first-order valence-electron chi connectivity index (χ1n) is 9.62. The molecule has 3 aromatic heterocycles. The smallest absolute Gasteiger partial charge is 0.298 e. The number of benzene rings is 1. The van der Waals surface area contributed by atoms with E-state index in [2.05, 4.69) is 41.2 Å². The standard InChI is InChI=1S/C21H20N6OS/c1-13-10-14(2)18-16(11-13)29-21(23-18)27(12-15-6-3-4-8-22-15)20(28)19-25-24-17-7-5-9-26(17)19/h3-4,6,8,10-11H,5,7,9,12H2,1-2H3. The van der Waals surface area contributed by atoms with E-state index in [9.17, 15) is 4.79 Å². The normalized spacial score (nSPS) is 13.0. The van der Waals surface area contributed by atoms with Gasteiger partial charge in [0.05, 0.1) is 22.5 Å². The molecule has 1 aromatic carbocycles. The third-order valence-corrected chi connectivity index (χ3v) is 6.17. The highest BCUT2D eigenvalue weighted by Crippen LogP contribution is 2.33. The maximum Gasteiger partial charge on any atom is 0.298 e. The molecule has 0 fully saturated rings. The molecule has 0 saturated heterocycles. The zero-order chi connectivity index (χ0) is 20.0. The van der Waals surface area contributed by atoms with Gasteiger partial charge in [0.1, 0.15) is 5.82 Å². The maximum absolute atomic E-state index is 13.5. The molecule has 1 amide bonds. The van der Waals surface area contributed by atoms with Crippen molar-refractivity contribution in [3.05, 3.63) is 65.0 Å². The summed E-state index contributed by atoms with van der Waals surface area (Å²) in [5, 5.41) is 9.04. The number of thiazole rings is 1. The highest BCUT2D eigenvalue weighted by Gasteiger charge is 2.29. The Morgan fingerprint density at radius 1 is 1.24 bits per heavy atom. The van der Waals surface area contributed by atoms with Gasteiger partial charge in [0.2, 0.25) is 5.82 Å². The number of aromatic nitrogens is 5. The highest BCUT2D eigenvalue weighted by molar-refractivity contribution is 7.22. The fourth-order valence-electron chi connectivity index (χ4n) is 3.78. The fourth-order valence-corrected chi connectivity index (χ4v) is 4.92. The number of carbonyl (C=O) groups is 1. The van der Waals surface area contributed by atoms with Crippen molar-refractivity contribution >= 4 is 32.6 Å². The zero-order valence-electron chi connectivity index (χ0n) is 16.3. The highest BCUT2D eigenvalue weighted by atomic mass is 32.1. The molecule has 1 aliphatic heterocycles. The van der Waals surface area contributed by atoms with Crippen molar-refractivity contribution in [2.24, 2.45) is 0 Å². The molecule has 0 aliphatic carbocycles. The average molecular weight is 404 g/mol. The molecule has 0 unspecified atom stereocenters. The first-order valence-corrected chi connectivity index (χ1v) is 10.4. The number of aryl methyl sites for hydroxylation is 3. The molecular formula is C21H20N6OS. The first-order chi connectivity index (χ1) is 14.1. The van der Waals surface area contributed by atoms with Gasteiger partial charge in [-0.25, -0.2) is 4.98 Å². The summed E-state index contributed by atoms with van der Waals surface area (Å²) in [7, 11) is 0. The van der Waals surface area contributed by atoms with Gasteiger partial charge in [-0.2, -0.15) is 0 Å². The Balaban J connectivity index is 1.60. The summed E-state index contributed by atoms with van der Waals surface area (Å²) in [6.07, 6.45) is 3.59. The lowest BCUT2D eigenvalue weighted by atomic mass is 10.1. The number of hydrogen-bond donors (Lipinski definition) is 0. The Hall–Kier alpha value is -3.13. The summed E-state index contributed by atoms with van der Waals surface area (Å²) < 4.78 is 3.00. The number of amides is 1. The van der Waals surface area contributed by atoms with Crippen LogP contribution < -0.4 is 4.90 Å². The Labute approximate surface area is 172 Å². The average Bonchev–Trinajstić information content (AvgIpc) is 3.41. The number of hydrogen-bond acceptors (Lipinski definition) is 6. The minimum absolute atomic E-state index is 0.190. The molecular weight excluding hydrogens is 384 g/mol. The van der Waals surface area contributed by atoms with Gasteiger partial charge in [-0.05, 0) is 49.6 Å². The summed E-state index contributed by atoms with van der Waals surface area (Å²) in [6, 6.07) is 9.93. The van der Waals surface area contributed by atoms with Gasteiger partial charge in [0.25, 0.3) is 5.91 Å². The van der Waals surface area contributed by atoms with Gasteiger partial charge in [-0.1, -0.05) is 23.5 Å². The Morgan fingerprint density at radius 2 is 2.14 bits per heavy atom. The second-order valence-electron chi connectivity index (χ2n) is 7.33. The zero-order valence-corrected chi connectivity index (χ0v) is 17.1. The third kappa shape index (κ3) is 3.19. The molecule has 7 nitrogen and oxygen atoms in total. The van der Waals surface area contributed by atoms with E-state index < -0.39 is 0 Å². The van der Waals surface area contributed by atoms with Crippen molar-refractivity contribution in [1.82, 2.24) is 24.7 Å². The van der Waals surface area contributed by atoms with Crippen LogP contribution in [0.4, 0.5) is 5.13 Å². The largest absolute Gasteiger partial charge is 0.307 e. The van der Waals surface area contributed by atoms with Crippen molar-refractivity contribution in [1.29, 1.82) is 0 Å². The van der Waals surface area contributed by atoms with Crippen LogP contribution in [0, 0.1) is 13.8 Å². The van der Waals surface area contributed by atoms with Gasteiger partial charge in [0.15, 0.2) is 5.13 Å². The summed E-state index contributed by atoms with van der Waals surface area (Å²) in [4.78, 5) is 24.4. The predicted octanol–water partition coefficient (Wildman–Crippen LogP) is 3.69. The third-order valence-electron chi connectivity index (χ3n) is 5.14. The SMILES string of the molecule is Cc1cc(C)c2nc(N(Cc3ccccn3)C(=O)c3nnc4n3CCC4)sc2c1. The first kappa shape index (κ1) is 17.9. The molecule has 5 rings (SSSR count). The van der Waals surface area contributed by atoms with Crippen molar-refractivity contribution in [2.75, 3.05) is 4.90 Å². The molecule has 0 atom stereocenters. The number of carbonyl (C=O) groups excluding carboxylic acids is 1. The van der Waals surface area contributed by atoms with Crippen LogP contribution in [-0.2, 0) is 19.5 Å². The van der Waals surface area contributed by atoms with Gasteiger partial charge < -0.3 is 4.57 Å². The van der Waals surface area contributed by atoms with Crippen molar-refractivity contribution in [3.8, 4) is 0 Å². The van der Waals surface area contributed by atoms with Gasteiger partial charge in [-0.15, -0.1) is 10.2 Å². The van der Waals surface area contributed by atoms with Crippen molar-refractivity contribution in [2.45, 2.75) is 39.8 Å². The minimum atomic E-state index is -0.190. The molecule has 8 heteroatoms. The number of fused-ring (bicyclic) bond motifs is 2. The Kier molecular flexibility index (Phi) is 4.35. The van der Waals surface area contributed by atoms with Crippen LogP contribution in [0.3, 0.4) is 0 Å². The summed E-state index contributed by atoms with van der Waals surface area (Å²) >= 11 is 1.52. The van der Waals surface area contributed by atoms with Crippen LogP contribution in [0.15, 0.2) is 36.5 Å². The van der Waals surface area contributed by atoms with Crippen LogP contribution >= 0.6 is 11.3 Å². The molecule has 0 N–H and O–H groups in total. The summed E-state index contributed by atoms with van der Waals surface area (Å²) in [5.41, 5.74) is 4.02. The monoisotopic (exact) mass is 404 g/mol. The summed E-state index contributed by atoms with van der Waals surface area (Å²) in [6.45, 7) is 5.23. The van der Waals surface area contributed by atoms with Gasteiger partial charge in [-0.3, -0.25) is 14.7 Å². The molecule has 0 radical (unpaired) electrons. The van der Waals surface area contributed by atoms with E-state index in [1.807, 2.05) is 22.8 Å². The Morgan fingerprint density at radius 3 is 2.97 bits per heavy atom. The molecule has 146 valence electrons. The molecule has 0 bridgehead atoms. The minimum Gasteiger partial charge on any atom is -0.307 e. The number of pyridine rings is 1. The van der Waals surface area contributed by atoms with Crippen molar-refractivity contribution in [3.63, 3.8) is 0 Å². The fraction of sp³-hybridized carbons (Fsp3) is 0.286. The molecule has 4 heterocycles. The van der Waals surface area contributed by atoms with Gasteiger partial charge in [0, 0.05) is 19.2 Å². The lowest BCUT2D eigenvalue weighted by molar-refractivity contribution is 0.0970. The van der Waals surface area contributed by atoms with E-state index in [1.165, 1.54) is 16.9 Å². The Bertz CT molecular complexity index is 1210. The number of anilines is 1. The van der Waals surface area contributed by atoms with Crippen molar-refractivity contribution < 1.29 is 4.79 Å². The van der Waals surface area contributed by atoms with Crippen LogP contribution in [0.25, 0.3) is 10.2 Å². The summed E-state index contributed by atoms with van der Waals surface area (Å²) in [5.74, 6) is 1.06. The number of rotatable bonds is 4. The molecule has 29 heavy (non-hydrogen) atoms. The predicted molar refractivity (Wildman–Crippen MR) is 112 cm³/mol. The van der Waals surface area contributed by atoms with E-state index in [0.29, 0.717) is 17.5 Å². The van der Waals surface area contributed by atoms with E-state index in [4.69, 9.17) is 4.98 Å². The van der Waals surface area contributed by atoms with Crippen LogP contribution in [0.2, 0.25) is 0 Å². The quantitative estimate of drug-likeness (QED) is 0.518. The second kappa shape index (κ2) is 7.04. The number of nitrogens with zero attached hydrogens (tertiary/aromatic N) is 6. The molecule has 1 aliphatic rings. The maximum atomic E-state index is 13.5. The lowest BCUT2D eigenvalue weighted by Gasteiger charge is -2.19. The van der Waals surface area contributed by atoms with Crippen LogP contribution in [0.5, 0.6) is 0 Å². The lowest BCUT2D eigenvalue weighted by Crippen LogP contribution is -2.33. The van der Waals surface area contributed by atoms with E-state index >= 15 is 0 Å². The second-order valence-corrected chi connectivity index (χ2v) is 8.34. The van der Waals surface area contributed by atoms with E-state index in [1.54, 1.807) is 11.1 Å². The van der Waals surface area contributed by atoms with Gasteiger partial charge >= 0.3 is 0 Å². The van der Waals surface area contributed by atoms with E-state index in [-0.39, 0.29) is 5.91 Å².